The number of rotatable bonds is 4. The van der Waals surface area contributed by atoms with E-state index in [9.17, 15) is 40.4 Å². The molecule has 3 amide bonds. The fourth-order valence-corrected chi connectivity index (χ4v) is 6.76. The average Bonchev–Trinajstić information content (AvgIpc) is 3.19. The summed E-state index contributed by atoms with van der Waals surface area (Å²) in [6.07, 6.45) is -4.65. The number of hydrogen-bond acceptors (Lipinski definition) is 6. The van der Waals surface area contributed by atoms with Gasteiger partial charge in [-0.3, -0.25) is 19.7 Å². The molecule has 0 bridgehead atoms. The van der Waals surface area contributed by atoms with Crippen molar-refractivity contribution >= 4 is 33.4 Å². The largest absolute Gasteiger partial charge is 0.417 e. The molecule has 14 heteroatoms. The molecule has 0 aromatic heterocycles. The minimum atomic E-state index is -4.85. The van der Waals surface area contributed by atoms with Gasteiger partial charge in [-0.25, -0.2) is 12.8 Å². The molecule has 202 valence electrons. The van der Waals surface area contributed by atoms with Crippen LogP contribution in [0.5, 0.6) is 0 Å². The number of piperazine rings is 1. The number of halogens is 4. The van der Waals surface area contributed by atoms with Gasteiger partial charge in [0.2, 0.25) is 21.8 Å². The van der Waals surface area contributed by atoms with Crippen molar-refractivity contribution in [1.82, 2.24) is 14.5 Å². The molecule has 2 aromatic carbocycles. The second-order valence-corrected chi connectivity index (χ2v) is 11.1. The fourth-order valence-electron chi connectivity index (χ4n) is 5.12. The number of carbonyl (C=O) groups excluding carboxylic acids is 3. The number of anilines is 1. The van der Waals surface area contributed by atoms with Gasteiger partial charge in [0.15, 0.2) is 0 Å². The van der Waals surface area contributed by atoms with Gasteiger partial charge in [0.1, 0.15) is 11.9 Å². The molecule has 0 saturated carbocycles. The minimum Gasteiger partial charge on any atom is -0.369 e. The average molecular weight is 555 g/mol. The first kappa shape index (κ1) is 26.1. The van der Waals surface area contributed by atoms with Gasteiger partial charge in [0.25, 0.3) is 5.91 Å². The Kier molecular flexibility index (Phi) is 6.42. The van der Waals surface area contributed by atoms with E-state index in [-0.39, 0.29) is 51.1 Å². The van der Waals surface area contributed by atoms with Crippen LogP contribution in [-0.2, 0) is 32.3 Å². The van der Waals surface area contributed by atoms with Crippen molar-refractivity contribution in [3.8, 4) is 0 Å². The van der Waals surface area contributed by atoms with E-state index >= 15 is 0 Å². The molecule has 0 radical (unpaired) electrons. The Balaban J connectivity index is 1.37. The first-order valence-corrected chi connectivity index (χ1v) is 13.2. The molecule has 5 rings (SSSR count). The molecule has 2 saturated heterocycles. The summed E-state index contributed by atoms with van der Waals surface area (Å²) in [5.41, 5.74) is -0.382. The molecule has 3 heterocycles. The van der Waals surface area contributed by atoms with Gasteiger partial charge in [-0.1, -0.05) is 12.1 Å². The van der Waals surface area contributed by atoms with Crippen molar-refractivity contribution < 1.29 is 40.4 Å². The highest BCUT2D eigenvalue weighted by atomic mass is 32.2. The SMILES string of the molecule is O=C1CCC(N2Cc3c(cc(F)cc3N3CCN(S(=O)(=O)c4ccccc4C(F)(F)F)CC3)C2=O)C(=O)N1. The van der Waals surface area contributed by atoms with E-state index in [1.807, 2.05) is 0 Å². The Morgan fingerprint density at radius 2 is 1.66 bits per heavy atom. The van der Waals surface area contributed by atoms with Crippen LogP contribution in [0.4, 0.5) is 23.2 Å². The summed E-state index contributed by atoms with van der Waals surface area (Å²) in [6.45, 7) is -0.255. The molecule has 2 fully saturated rings. The number of nitrogens with one attached hydrogen (secondary N) is 1. The number of hydrogen-bond donors (Lipinski definition) is 1. The van der Waals surface area contributed by atoms with Gasteiger partial charge in [0.05, 0.1) is 10.5 Å². The number of fused-ring (bicyclic) bond motifs is 1. The zero-order chi connectivity index (χ0) is 27.4. The van der Waals surface area contributed by atoms with Crippen LogP contribution in [0.15, 0.2) is 41.3 Å². The predicted octanol–water partition coefficient (Wildman–Crippen LogP) is 2.12. The predicted molar refractivity (Wildman–Crippen MR) is 125 cm³/mol. The molecule has 3 aliphatic heterocycles. The van der Waals surface area contributed by atoms with Gasteiger partial charge in [-0.15, -0.1) is 0 Å². The smallest absolute Gasteiger partial charge is 0.369 e. The quantitative estimate of drug-likeness (QED) is 0.459. The summed E-state index contributed by atoms with van der Waals surface area (Å²) >= 11 is 0. The number of benzene rings is 2. The third-order valence-electron chi connectivity index (χ3n) is 6.99. The van der Waals surface area contributed by atoms with E-state index in [1.165, 1.54) is 17.0 Å². The van der Waals surface area contributed by atoms with Crippen molar-refractivity contribution in [3.05, 3.63) is 58.9 Å². The summed E-state index contributed by atoms with van der Waals surface area (Å²) in [4.78, 5) is 39.0. The monoisotopic (exact) mass is 554 g/mol. The first-order chi connectivity index (χ1) is 17.9. The Hall–Kier alpha value is -3.52. The highest BCUT2D eigenvalue weighted by molar-refractivity contribution is 7.89. The van der Waals surface area contributed by atoms with Gasteiger partial charge >= 0.3 is 6.18 Å². The Labute approximate surface area is 215 Å². The molecule has 0 aliphatic carbocycles. The maximum atomic E-state index is 14.6. The molecule has 2 aromatic rings. The molecule has 38 heavy (non-hydrogen) atoms. The van der Waals surface area contributed by atoms with Crippen molar-refractivity contribution in [1.29, 1.82) is 0 Å². The van der Waals surface area contributed by atoms with Crippen LogP contribution in [0.25, 0.3) is 0 Å². The first-order valence-electron chi connectivity index (χ1n) is 11.8. The number of nitrogens with zero attached hydrogens (tertiary/aromatic N) is 3. The lowest BCUT2D eigenvalue weighted by Crippen LogP contribution is -2.52. The molecule has 0 spiro atoms. The van der Waals surface area contributed by atoms with Gasteiger partial charge in [-0.05, 0) is 30.7 Å². The second-order valence-electron chi connectivity index (χ2n) is 9.24. The number of imide groups is 1. The summed E-state index contributed by atoms with van der Waals surface area (Å²) in [5, 5.41) is 2.20. The Bertz CT molecular complexity index is 1440. The summed E-state index contributed by atoms with van der Waals surface area (Å²) in [5.74, 6) is -2.30. The van der Waals surface area contributed by atoms with Gasteiger partial charge < -0.3 is 9.80 Å². The molecular formula is C24H22F4N4O5S. The molecule has 3 aliphatic rings. The van der Waals surface area contributed by atoms with E-state index in [1.54, 1.807) is 4.90 Å². The third-order valence-corrected chi connectivity index (χ3v) is 8.94. The van der Waals surface area contributed by atoms with Gasteiger partial charge in [-0.2, -0.15) is 17.5 Å². The highest BCUT2D eigenvalue weighted by Gasteiger charge is 2.42. The number of piperidine rings is 1. The minimum absolute atomic E-state index is 0.00642. The van der Waals surface area contributed by atoms with E-state index in [2.05, 4.69) is 5.32 Å². The van der Waals surface area contributed by atoms with E-state index in [4.69, 9.17) is 0 Å². The number of alkyl halides is 3. The van der Waals surface area contributed by atoms with Crippen molar-refractivity contribution in [3.63, 3.8) is 0 Å². The van der Waals surface area contributed by atoms with Crippen molar-refractivity contribution in [2.75, 3.05) is 31.1 Å². The summed E-state index contributed by atoms with van der Waals surface area (Å²) in [7, 11) is -4.47. The number of sulfonamides is 1. The molecule has 1 N–H and O–H groups in total. The van der Waals surface area contributed by atoms with E-state index < -0.39 is 56.2 Å². The van der Waals surface area contributed by atoms with E-state index in [0.717, 1.165) is 22.5 Å². The summed E-state index contributed by atoms with van der Waals surface area (Å²) < 4.78 is 82.0. The second kappa shape index (κ2) is 9.34. The lowest BCUT2D eigenvalue weighted by atomic mass is 10.0. The maximum absolute atomic E-state index is 14.6. The topological polar surface area (TPSA) is 107 Å². The van der Waals surface area contributed by atoms with Crippen LogP contribution in [0, 0.1) is 5.82 Å². The number of amides is 3. The van der Waals surface area contributed by atoms with Crippen LogP contribution >= 0.6 is 0 Å². The highest BCUT2D eigenvalue weighted by Crippen LogP contribution is 2.37. The van der Waals surface area contributed by atoms with Gasteiger partial charge in [0, 0.05) is 56.0 Å². The molecule has 1 atom stereocenters. The van der Waals surface area contributed by atoms with Crippen LogP contribution in [0.3, 0.4) is 0 Å². The third kappa shape index (κ3) is 4.51. The van der Waals surface area contributed by atoms with Crippen LogP contribution in [-0.4, -0.2) is 67.6 Å². The maximum Gasteiger partial charge on any atom is 0.417 e. The summed E-state index contributed by atoms with van der Waals surface area (Å²) in [6, 6.07) is 5.36. The lowest BCUT2D eigenvalue weighted by Gasteiger charge is -2.36. The fraction of sp³-hybridized carbons (Fsp3) is 0.375. The van der Waals surface area contributed by atoms with Crippen molar-refractivity contribution in [2.24, 2.45) is 0 Å². The molecule has 9 nitrogen and oxygen atoms in total. The number of carbonyl (C=O) groups is 3. The zero-order valence-electron chi connectivity index (χ0n) is 19.8. The molecule has 1 unspecified atom stereocenters. The van der Waals surface area contributed by atoms with Crippen molar-refractivity contribution in [2.45, 2.75) is 36.5 Å². The van der Waals surface area contributed by atoms with Crippen LogP contribution in [0.1, 0.15) is 34.3 Å². The Morgan fingerprint density at radius 1 is 0.974 bits per heavy atom. The lowest BCUT2D eigenvalue weighted by molar-refractivity contribution is -0.140. The van der Waals surface area contributed by atoms with Crippen LogP contribution in [0.2, 0.25) is 0 Å². The standard InChI is InChI=1S/C24H22F4N4O5S/c25-14-11-15-16(13-32(23(15)35)18-5-6-21(33)29-22(18)34)19(12-14)30-7-9-31(10-8-30)38(36,37)20-4-2-1-3-17(20)24(26,27)28/h1-4,11-12,18H,5-10,13H2,(H,29,33,34). The molecular weight excluding hydrogens is 532 g/mol. The Morgan fingerprint density at radius 3 is 2.32 bits per heavy atom. The normalized spacial score (nSPS) is 21.1. The zero-order valence-corrected chi connectivity index (χ0v) is 20.6. The van der Waals surface area contributed by atoms with E-state index in [0.29, 0.717) is 17.3 Å². The van der Waals surface area contributed by atoms with Crippen LogP contribution < -0.4 is 10.2 Å².